The van der Waals surface area contributed by atoms with E-state index < -0.39 is 0 Å². The third kappa shape index (κ3) is 2.79. The van der Waals surface area contributed by atoms with Gasteiger partial charge < -0.3 is 4.90 Å². The normalized spacial score (nSPS) is 14.5. The van der Waals surface area contributed by atoms with Crippen LogP contribution in [0.5, 0.6) is 0 Å². The number of anilines is 1. The molecule has 1 heterocycles. The molecule has 0 aromatic heterocycles. The number of nitrogens with zero attached hydrogens (tertiary/aromatic N) is 2. The molecule has 90 valence electrons. The molecule has 0 aliphatic carbocycles. The molecule has 0 atom stereocenters. The topological polar surface area (TPSA) is 27.0 Å². The van der Waals surface area contributed by atoms with Gasteiger partial charge in [-0.15, -0.1) is 0 Å². The highest BCUT2D eigenvalue weighted by Crippen LogP contribution is 2.28. The summed E-state index contributed by atoms with van der Waals surface area (Å²) in [5.74, 6) is 0. The predicted octanol–water partition coefficient (Wildman–Crippen LogP) is 3.38. The second kappa shape index (κ2) is 4.79. The van der Waals surface area contributed by atoms with E-state index in [1.54, 1.807) is 0 Å². The Morgan fingerprint density at radius 2 is 2.12 bits per heavy atom. The van der Waals surface area contributed by atoms with E-state index >= 15 is 0 Å². The van der Waals surface area contributed by atoms with Crippen LogP contribution < -0.4 is 4.90 Å². The van der Waals surface area contributed by atoms with Crippen molar-refractivity contribution in [2.75, 3.05) is 18.0 Å². The molecule has 0 unspecified atom stereocenters. The maximum Gasteiger partial charge on any atom is 0.0683 e. The molecule has 0 N–H and O–H groups in total. The zero-order valence-corrected chi connectivity index (χ0v) is 10.7. The van der Waals surface area contributed by atoms with Crippen LogP contribution in [0.15, 0.2) is 24.3 Å². The van der Waals surface area contributed by atoms with Crippen molar-refractivity contribution in [2.45, 2.75) is 33.1 Å². The summed E-state index contributed by atoms with van der Waals surface area (Å²) in [6, 6.07) is 11.0. The van der Waals surface area contributed by atoms with Crippen molar-refractivity contribution in [3.8, 4) is 6.07 Å². The van der Waals surface area contributed by atoms with E-state index in [4.69, 9.17) is 5.26 Å². The molecule has 0 fully saturated rings. The molecule has 1 aromatic rings. The lowest BCUT2D eigenvalue weighted by atomic mass is 9.90. The zero-order valence-electron chi connectivity index (χ0n) is 10.7. The van der Waals surface area contributed by atoms with Gasteiger partial charge in [-0.1, -0.05) is 18.2 Å². The minimum Gasteiger partial charge on any atom is -0.371 e. The number of benzene rings is 1. The summed E-state index contributed by atoms with van der Waals surface area (Å²) in [6.07, 6.45) is 3.23. The SMILES string of the molecule is CC(C)(C#N)CCCN1CCc2ccccc21. The van der Waals surface area contributed by atoms with Crippen LogP contribution in [0.3, 0.4) is 0 Å². The molecule has 0 radical (unpaired) electrons. The second-order valence-electron chi connectivity index (χ2n) is 5.47. The van der Waals surface area contributed by atoms with Gasteiger partial charge in [-0.05, 0) is 44.7 Å². The molecule has 0 bridgehead atoms. The van der Waals surface area contributed by atoms with Gasteiger partial charge in [0.05, 0.1) is 11.5 Å². The number of hydrogen-bond donors (Lipinski definition) is 0. The largest absolute Gasteiger partial charge is 0.371 e. The van der Waals surface area contributed by atoms with E-state index in [2.05, 4.69) is 35.2 Å². The van der Waals surface area contributed by atoms with Gasteiger partial charge in [-0.25, -0.2) is 0 Å². The molecule has 0 amide bonds. The van der Waals surface area contributed by atoms with Crippen LogP contribution in [-0.2, 0) is 6.42 Å². The summed E-state index contributed by atoms with van der Waals surface area (Å²) in [4.78, 5) is 2.45. The van der Waals surface area contributed by atoms with Crippen LogP contribution >= 0.6 is 0 Å². The van der Waals surface area contributed by atoms with Crippen LogP contribution in [-0.4, -0.2) is 13.1 Å². The quantitative estimate of drug-likeness (QED) is 0.790. The first kappa shape index (κ1) is 12.0. The van der Waals surface area contributed by atoms with Crippen molar-refractivity contribution in [3.63, 3.8) is 0 Å². The van der Waals surface area contributed by atoms with Gasteiger partial charge >= 0.3 is 0 Å². The highest BCUT2D eigenvalue weighted by molar-refractivity contribution is 5.57. The first-order valence-electron chi connectivity index (χ1n) is 6.36. The van der Waals surface area contributed by atoms with E-state index in [0.717, 1.165) is 32.4 Å². The second-order valence-corrected chi connectivity index (χ2v) is 5.47. The molecule has 2 nitrogen and oxygen atoms in total. The predicted molar refractivity (Wildman–Crippen MR) is 71.0 cm³/mol. The number of nitriles is 1. The van der Waals surface area contributed by atoms with Crippen LogP contribution in [0, 0.1) is 16.7 Å². The van der Waals surface area contributed by atoms with Crippen LogP contribution in [0.4, 0.5) is 5.69 Å². The molecule has 1 aliphatic rings. The minimum absolute atomic E-state index is 0.181. The Bertz CT molecular complexity index is 429. The molecular weight excluding hydrogens is 208 g/mol. The molecule has 1 aromatic carbocycles. The fraction of sp³-hybridized carbons (Fsp3) is 0.533. The lowest BCUT2D eigenvalue weighted by molar-refractivity contribution is 0.435. The summed E-state index contributed by atoms with van der Waals surface area (Å²) in [7, 11) is 0. The van der Waals surface area contributed by atoms with E-state index in [-0.39, 0.29) is 5.41 Å². The maximum atomic E-state index is 8.98. The smallest absolute Gasteiger partial charge is 0.0683 e. The Morgan fingerprint density at radius 3 is 2.88 bits per heavy atom. The lowest BCUT2D eigenvalue weighted by Gasteiger charge is -2.21. The van der Waals surface area contributed by atoms with Gasteiger partial charge in [0, 0.05) is 18.8 Å². The van der Waals surface area contributed by atoms with Crippen molar-refractivity contribution in [1.29, 1.82) is 5.26 Å². The first-order chi connectivity index (χ1) is 8.12. The number of rotatable bonds is 4. The zero-order chi connectivity index (χ0) is 12.3. The molecule has 2 heteroatoms. The van der Waals surface area contributed by atoms with E-state index in [9.17, 15) is 0 Å². The van der Waals surface area contributed by atoms with Gasteiger partial charge in [-0.3, -0.25) is 0 Å². The fourth-order valence-corrected chi connectivity index (χ4v) is 2.41. The Balaban J connectivity index is 1.89. The van der Waals surface area contributed by atoms with Crippen LogP contribution in [0.1, 0.15) is 32.3 Å². The summed E-state index contributed by atoms with van der Waals surface area (Å²) < 4.78 is 0. The molecule has 2 rings (SSSR count). The molecule has 0 saturated heterocycles. The Morgan fingerprint density at radius 1 is 1.35 bits per heavy atom. The van der Waals surface area contributed by atoms with Gasteiger partial charge in [-0.2, -0.15) is 5.26 Å². The average molecular weight is 228 g/mol. The molecule has 17 heavy (non-hydrogen) atoms. The number of fused-ring (bicyclic) bond motifs is 1. The molecule has 0 saturated carbocycles. The van der Waals surface area contributed by atoms with Crippen molar-refractivity contribution < 1.29 is 0 Å². The first-order valence-corrected chi connectivity index (χ1v) is 6.36. The highest BCUT2D eigenvalue weighted by Gasteiger charge is 2.20. The molecule has 1 aliphatic heterocycles. The maximum absolute atomic E-state index is 8.98. The Kier molecular flexibility index (Phi) is 3.38. The van der Waals surface area contributed by atoms with Gasteiger partial charge in [0.15, 0.2) is 0 Å². The summed E-state index contributed by atoms with van der Waals surface area (Å²) in [5, 5.41) is 8.98. The summed E-state index contributed by atoms with van der Waals surface area (Å²) >= 11 is 0. The van der Waals surface area contributed by atoms with Crippen molar-refractivity contribution in [3.05, 3.63) is 29.8 Å². The highest BCUT2D eigenvalue weighted by atomic mass is 15.1. The van der Waals surface area contributed by atoms with Crippen LogP contribution in [0.2, 0.25) is 0 Å². The summed E-state index contributed by atoms with van der Waals surface area (Å²) in [5.41, 5.74) is 2.67. The number of para-hydroxylation sites is 1. The summed E-state index contributed by atoms with van der Waals surface area (Å²) in [6.45, 7) is 6.24. The van der Waals surface area contributed by atoms with Gasteiger partial charge in [0.2, 0.25) is 0 Å². The Labute approximate surface area is 104 Å². The van der Waals surface area contributed by atoms with E-state index in [1.807, 2.05) is 13.8 Å². The fourth-order valence-electron chi connectivity index (χ4n) is 2.41. The van der Waals surface area contributed by atoms with Gasteiger partial charge in [0.25, 0.3) is 0 Å². The lowest BCUT2D eigenvalue weighted by Crippen LogP contribution is -2.23. The van der Waals surface area contributed by atoms with Gasteiger partial charge in [0.1, 0.15) is 0 Å². The number of hydrogen-bond acceptors (Lipinski definition) is 2. The van der Waals surface area contributed by atoms with Crippen molar-refractivity contribution >= 4 is 5.69 Å². The monoisotopic (exact) mass is 228 g/mol. The third-order valence-corrected chi connectivity index (χ3v) is 3.52. The third-order valence-electron chi connectivity index (χ3n) is 3.52. The molecular formula is C15H20N2. The van der Waals surface area contributed by atoms with E-state index in [1.165, 1.54) is 11.3 Å². The average Bonchev–Trinajstić information content (AvgIpc) is 2.73. The van der Waals surface area contributed by atoms with Crippen molar-refractivity contribution in [1.82, 2.24) is 0 Å². The van der Waals surface area contributed by atoms with Crippen molar-refractivity contribution in [2.24, 2.45) is 5.41 Å². The Hall–Kier alpha value is -1.49. The standard InChI is InChI=1S/C15H20N2/c1-15(2,12-16)9-5-10-17-11-8-13-6-3-4-7-14(13)17/h3-4,6-7H,5,8-11H2,1-2H3. The van der Waals surface area contributed by atoms with E-state index in [0.29, 0.717) is 0 Å². The minimum atomic E-state index is -0.181. The molecule has 0 spiro atoms. The van der Waals surface area contributed by atoms with Crippen LogP contribution in [0.25, 0.3) is 0 Å².